The van der Waals surface area contributed by atoms with Crippen LogP contribution in [-0.4, -0.2) is 15.7 Å². The molecule has 0 unspecified atom stereocenters. The van der Waals surface area contributed by atoms with Gasteiger partial charge in [0.25, 0.3) is 0 Å². The summed E-state index contributed by atoms with van der Waals surface area (Å²) in [6.45, 7) is 3.93. The Balaban J connectivity index is 2.06. The molecule has 0 radical (unpaired) electrons. The molecule has 0 atom stereocenters. The van der Waals surface area contributed by atoms with E-state index in [2.05, 4.69) is 22.4 Å². The maximum absolute atomic E-state index is 5.17. The lowest BCUT2D eigenvalue weighted by atomic mass is 10.3. The lowest BCUT2D eigenvalue weighted by Gasteiger charge is -2.06. The first-order valence-electron chi connectivity index (χ1n) is 3.76. The third-order valence-corrected chi connectivity index (χ3v) is 1.93. The summed E-state index contributed by atoms with van der Waals surface area (Å²) >= 11 is 0. The van der Waals surface area contributed by atoms with E-state index < -0.39 is 0 Å². The average molecular weight is 153 g/mol. The molecule has 2 rings (SSSR count). The highest BCUT2D eigenvalue weighted by Gasteiger charge is 2.38. The maximum atomic E-state index is 5.17. The molecule has 60 valence electrons. The molecule has 0 aromatic carbocycles. The quantitative estimate of drug-likeness (QED) is 0.696. The Hall–Kier alpha value is -1.06. The van der Waals surface area contributed by atoms with Gasteiger partial charge in [0, 0.05) is 12.5 Å². The van der Waals surface area contributed by atoms with Gasteiger partial charge in [-0.25, -0.2) is 0 Å². The van der Waals surface area contributed by atoms with Crippen LogP contribution in [0.15, 0.2) is 4.42 Å². The number of aryl methyl sites for hydroxylation is 1. The summed E-state index contributed by atoms with van der Waals surface area (Å²) in [5.74, 6) is 0.608. The van der Waals surface area contributed by atoms with Gasteiger partial charge in [0.2, 0.25) is 5.89 Å². The normalized spacial score (nSPS) is 19.8. The van der Waals surface area contributed by atoms with E-state index in [4.69, 9.17) is 4.42 Å². The molecule has 1 fully saturated rings. The average Bonchev–Trinajstić information content (AvgIpc) is 2.49. The second-order valence-electron chi connectivity index (χ2n) is 3.31. The van der Waals surface area contributed by atoms with Crippen molar-refractivity contribution in [2.45, 2.75) is 32.2 Å². The zero-order valence-corrected chi connectivity index (χ0v) is 6.72. The minimum atomic E-state index is 0.221. The van der Waals surface area contributed by atoms with Gasteiger partial charge in [-0.15, -0.1) is 5.10 Å². The fraction of sp³-hybridized carbons (Fsp3) is 0.714. The predicted octanol–water partition coefficient (Wildman–Crippen LogP) is 1.34. The summed E-state index contributed by atoms with van der Waals surface area (Å²) in [6.07, 6.45) is 2.38. The van der Waals surface area contributed by atoms with Gasteiger partial charge in [-0.1, -0.05) is 5.10 Å². The first-order valence-corrected chi connectivity index (χ1v) is 3.76. The summed E-state index contributed by atoms with van der Waals surface area (Å²) < 4.78 is 5.17. The number of rotatable bonds is 2. The molecule has 0 bridgehead atoms. The van der Waals surface area contributed by atoms with Crippen LogP contribution in [0, 0.1) is 6.92 Å². The summed E-state index contributed by atoms with van der Waals surface area (Å²) in [6, 6.07) is 0.544. The van der Waals surface area contributed by atoms with Crippen LogP contribution in [0.3, 0.4) is 0 Å². The van der Waals surface area contributed by atoms with E-state index in [1.54, 1.807) is 6.92 Å². The summed E-state index contributed by atoms with van der Waals surface area (Å²) in [5, 5.41) is 10.7. The summed E-state index contributed by atoms with van der Waals surface area (Å²) in [7, 11) is 0. The molecule has 1 aromatic rings. The number of nitrogens with zero attached hydrogens (tertiary/aromatic N) is 2. The third-order valence-electron chi connectivity index (χ3n) is 1.93. The van der Waals surface area contributed by atoms with E-state index in [1.165, 1.54) is 12.8 Å². The standard InChI is InChI=1S/C7H11N3O/c1-5-9-10-6(11-5)8-7(2)3-4-7/h3-4H2,1-2H3,(H,8,10). The van der Waals surface area contributed by atoms with Crippen LogP contribution in [0.2, 0.25) is 0 Å². The van der Waals surface area contributed by atoms with Crippen LogP contribution in [0.5, 0.6) is 0 Å². The lowest BCUT2D eigenvalue weighted by Crippen LogP contribution is -2.15. The highest BCUT2D eigenvalue weighted by molar-refractivity contribution is 5.27. The minimum absolute atomic E-state index is 0.221. The second-order valence-corrected chi connectivity index (χ2v) is 3.31. The molecule has 4 heteroatoms. The van der Waals surface area contributed by atoms with Crippen molar-refractivity contribution in [1.29, 1.82) is 0 Å². The molecule has 4 nitrogen and oxygen atoms in total. The highest BCUT2D eigenvalue weighted by atomic mass is 16.4. The Morgan fingerprint density at radius 2 is 2.18 bits per heavy atom. The SMILES string of the molecule is Cc1nnc(NC2(C)CC2)o1. The van der Waals surface area contributed by atoms with Crippen molar-refractivity contribution in [3.05, 3.63) is 5.89 Å². The van der Waals surface area contributed by atoms with E-state index >= 15 is 0 Å². The number of anilines is 1. The van der Waals surface area contributed by atoms with Gasteiger partial charge in [0.15, 0.2) is 0 Å². The monoisotopic (exact) mass is 153 g/mol. The topological polar surface area (TPSA) is 51.0 Å². The predicted molar refractivity (Wildman–Crippen MR) is 40.3 cm³/mol. The molecule has 1 N–H and O–H groups in total. The van der Waals surface area contributed by atoms with Crippen molar-refractivity contribution in [2.75, 3.05) is 5.32 Å². The van der Waals surface area contributed by atoms with Gasteiger partial charge in [-0.3, -0.25) is 0 Å². The van der Waals surface area contributed by atoms with Crippen molar-refractivity contribution in [2.24, 2.45) is 0 Å². The zero-order valence-electron chi connectivity index (χ0n) is 6.72. The zero-order chi connectivity index (χ0) is 7.90. The smallest absolute Gasteiger partial charge is 0.315 e. The van der Waals surface area contributed by atoms with Gasteiger partial charge >= 0.3 is 6.01 Å². The van der Waals surface area contributed by atoms with Crippen LogP contribution in [0.25, 0.3) is 0 Å². The molecule has 1 aromatic heterocycles. The summed E-state index contributed by atoms with van der Waals surface area (Å²) in [4.78, 5) is 0. The molecule has 1 heterocycles. The van der Waals surface area contributed by atoms with E-state index in [9.17, 15) is 0 Å². The van der Waals surface area contributed by atoms with Gasteiger partial charge in [0.1, 0.15) is 0 Å². The van der Waals surface area contributed by atoms with Crippen LogP contribution in [0.4, 0.5) is 6.01 Å². The van der Waals surface area contributed by atoms with Gasteiger partial charge in [-0.05, 0) is 19.8 Å². The van der Waals surface area contributed by atoms with Gasteiger partial charge < -0.3 is 9.73 Å². The third kappa shape index (κ3) is 1.34. The molecule has 11 heavy (non-hydrogen) atoms. The van der Waals surface area contributed by atoms with Gasteiger partial charge in [-0.2, -0.15) is 0 Å². The molecule has 0 saturated heterocycles. The molecule has 1 aliphatic rings. The van der Waals surface area contributed by atoms with Crippen LogP contribution in [0.1, 0.15) is 25.7 Å². The Morgan fingerprint density at radius 1 is 1.45 bits per heavy atom. The van der Waals surface area contributed by atoms with Crippen LogP contribution >= 0.6 is 0 Å². The lowest BCUT2D eigenvalue weighted by molar-refractivity contribution is 0.523. The molecular weight excluding hydrogens is 142 g/mol. The fourth-order valence-electron chi connectivity index (χ4n) is 0.918. The Morgan fingerprint density at radius 3 is 2.64 bits per heavy atom. The maximum Gasteiger partial charge on any atom is 0.315 e. The van der Waals surface area contributed by atoms with E-state index in [0.29, 0.717) is 11.9 Å². The number of hydrogen-bond acceptors (Lipinski definition) is 4. The van der Waals surface area contributed by atoms with Gasteiger partial charge in [0.05, 0.1) is 0 Å². The minimum Gasteiger partial charge on any atom is -0.408 e. The molecule has 0 aliphatic heterocycles. The van der Waals surface area contributed by atoms with E-state index in [-0.39, 0.29) is 5.54 Å². The van der Waals surface area contributed by atoms with Crippen molar-refractivity contribution in [3.63, 3.8) is 0 Å². The number of hydrogen-bond donors (Lipinski definition) is 1. The number of aromatic nitrogens is 2. The van der Waals surface area contributed by atoms with Crippen molar-refractivity contribution >= 4 is 6.01 Å². The molecule has 0 amide bonds. The second kappa shape index (κ2) is 1.96. The summed E-state index contributed by atoms with van der Waals surface area (Å²) in [5.41, 5.74) is 0.221. The Labute approximate surface area is 65.0 Å². The van der Waals surface area contributed by atoms with E-state index in [0.717, 1.165) is 0 Å². The van der Waals surface area contributed by atoms with Crippen molar-refractivity contribution in [1.82, 2.24) is 10.2 Å². The highest BCUT2D eigenvalue weighted by Crippen LogP contribution is 2.37. The Kier molecular flexibility index (Phi) is 1.19. The first kappa shape index (κ1) is 6.64. The first-order chi connectivity index (χ1) is 5.18. The molecule has 1 saturated carbocycles. The molecular formula is C7H11N3O. The molecule has 1 aliphatic carbocycles. The Bertz CT molecular complexity index is 264. The molecule has 0 spiro atoms. The number of nitrogens with one attached hydrogen (secondary N) is 1. The largest absolute Gasteiger partial charge is 0.408 e. The van der Waals surface area contributed by atoms with Crippen molar-refractivity contribution in [3.8, 4) is 0 Å². The fourth-order valence-corrected chi connectivity index (χ4v) is 0.918. The van der Waals surface area contributed by atoms with Crippen molar-refractivity contribution < 1.29 is 4.42 Å². The van der Waals surface area contributed by atoms with Crippen LogP contribution in [-0.2, 0) is 0 Å². The van der Waals surface area contributed by atoms with E-state index in [1.807, 2.05) is 0 Å². The van der Waals surface area contributed by atoms with Crippen LogP contribution < -0.4 is 5.32 Å².